The maximum atomic E-state index is 12.9. The van der Waals surface area contributed by atoms with Gasteiger partial charge in [-0.1, -0.05) is 34.8 Å². The molecule has 1 aliphatic rings. The van der Waals surface area contributed by atoms with Crippen molar-refractivity contribution in [2.75, 3.05) is 6.54 Å². The number of aryl methyl sites for hydroxylation is 1. The first-order valence-electron chi connectivity index (χ1n) is 9.84. The first-order chi connectivity index (χ1) is 15.7. The van der Waals surface area contributed by atoms with E-state index < -0.39 is 11.1 Å². The monoisotopic (exact) mass is 518 g/mol. The molecule has 2 amide bonds. The van der Waals surface area contributed by atoms with Crippen molar-refractivity contribution in [3.8, 4) is 5.69 Å². The van der Waals surface area contributed by atoms with Crippen LogP contribution >= 0.6 is 46.6 Å². The number of aromatic nitrogens is 1. The van der Waals surface area contributed by atoms with Crippen LogP contribution in [0.1, 0.15) is 27.3 Å². The van der Waals surface area contributed by atoms with Gasteiger partial charge < -0.3 is 4.57 Å². The van der Waals surface area contributed by atoms with Crippen LogP contribution in [0.2, 0.25) is 15.1 Å². The molecule has 4 rings (SSSR count). The van der Waals surface area contributed by atoms with Gasteiger partial charge in [0.1, 0.15) is 0 Å². The fourth-order valence-electron chi connectivity index (χ4n) is 3.60. The summed E-state index contributed by atoms with van der Waals surface area (Å²) < 4.78 is 1.99. The smallest absolute Gasteiger partial charge is 0.293 e. The van der Waals surface area contributed by atoms with E-state index in [0.717, 1.165) is 39.3 Å². The number of imide groups is 1. The van der Waals surface area contributed by atoms with Crippen molar-refractivity contribution in [3.63, 3.8) is 0 Å². The van der Waals surface area contributed by atoms with Gasteiger partial charge in [0, 0.05) is 27.7 Å². The largest absolute Gasteiger partial charge is 0.318 e. The summed E-state index contributed by atoms with van der Waals surface area (Å²) in [6.07, 6.45) is 1.67. The molecular weight excluding hydrogens is 503 g/mol. The lowest BCUT2D eigenvalue weighted by Crippen LogP contribution is -2.33. The van der Waals surface area contributed by atoms with Gasteiger partial charge in [0.15, 0.2) is 5.78 Å². The molecule has 1 saturated heterocycles. The first-order valence-corrected chi connectivity index (χ1v) is 11.8. The minimum atomic E-state index is -0.494. The fourth-order valence-corrected chi connectivity index (χ4v) is 4.85. The van der Waals surface area contributed by atoms with Gasteiger partial charge in [-0.05, 0) is 85.8 Å². The van der Waals surface area contributed by atoms with E-state index in [4.69, 9.17) is 34.8 Å². The number of halogens is 3. The predicted octanol–water partition coefficient (Wildman–Crippen LogP) is 6.97. The number of carbonyl (C=O) groups excluding carboxylic acids is 3. The van der Waals surface area contributed by atoms with Gasteiger partial charge >= 0.3 is 0 Å². The van der Waals surface area contributed by atoms with E-state index in [1.54, 1.807) is 42.5 Å². The number of Topliss-reactive ketones (excluding diaryl/α,β-unsaturated/α-hetero) is 1. The summed E-state index contributed by atoms with van der Waals surface area (Å²) in [6, 6.07) is 13.6. The Bertz CT molecular complexity index is 1330. The zero-order chi connectivity index (χ0) is 23.9. The standard InChI is InChI=1S/C24H17Cl3N2O3S/c1-13-9-16(14(2)29(13)18-7-8-19(26)20(27)11-18)10-22-23(31)28(24(32)33-22)12-21(30)15-3-5-17(25)6-4-15/h3-11H,12H2,1-2H3/b22-10-. The number of hydrogen-bond donors (Lipinski definition) is 0. The molecule has 0 radical (unpaired) electrons. The predicted molar refractivity (Wildman–Crippen MR) is 134 cm³/mol. The summed E-state index contributed by atoms with van der Waals surface area (Å²) in [5.41, 5.74) is 3.80. The highest BCUT2D eigenvalue weighted by Crippen LogP contribution is 2.34. The van der Waals surface area contributed by atoms with Gasteiger partial charge in [0.2, 0.25) is 0 Å². The molecule has 0 N–H and O–H groups in total. The van der Waals surface area contributed by atoms with Gasteiger partial charge in [0.05, 0.1) is 21.5 Å². The Kier molecular flexibility index (Phi) is 6.73. The molecule has 0 atom stereocenters. The Labute approximate surface area is 209 Å². The minimum absolute atomic E-state index is 0.262. The molecular formula is C24H17Cl3N2O3S. The quantitative estimate of drug-likeness (QED) is 0.270. The molecule has 1 aromatic heterocycles. The van der Waals surface area contributed by atoms with Crippen LogP contribution in [0, 0.1) is 13.8 Å². The number of amides is 2. The number of rotatable bonds is 5. The van der Waals surface area contributed by atoms with Crippen molar-refractivity contribution in [1.82, 2.24) is 9.47 Å². The maximum absolute atomic E-state index is 12.9. The topological polar surface area (TPSA) is 59.4 Å². The van der Waals surface area contributed by atoms with Crippen molar-refractivity contribution in [3.05, 3.63) is 91.0 Å². The van der Waals surface area contributed by atoms with Crippen molar-refractivity contribution in [2.45, 2.75) is 13.8 Å². The molecule has 2 aromatic carbocycles. The molecule has 0 aliphatic carbocycles. The van der Waals surface area contributed by atoms with Crippen LogP contribution in [0.4, 0.5) is 4.79 Å². The Morgan fingerprint density at radius 1 is 0.970 bits per heavy atom. The summed E-state index contributed by atoms with van der Waals surface area (Å²) in [4.78, 5) is 39.1. The van der Waals surface area contributed by atoms with Crippen LogP contribution in [0.3, 0.4) is 0 Å². The van der Waals surface area contributed by atoms with E-state index in [0.29, 0.717) is 20.6 Å². The lowest BCUT2D eigenvalue weighted by molar-refractivity contribution is -0.122. The van der Waals surface area contributed by atoms with E-state index in [2.05, 4.69) is 0 Å². The average molecular weight is 520 g/mol. The molecule has 33 heavy (non-hydrogen) atoms. The normalized spacial score (nSPS) is 15.1. The van der Waals surface area contributed by atoms with Gasteiger partial charge in [-0.2, -0.15) is 0 Å². The van der Waals surface area contributed by atoms with Crippen molar-refractivity contribution in [2.24, 2.45) is 0 Å². The van der Waals surface area contributed by atoms with Gasteiger partial charge in [0.25, 0.3) is 11.1 Å². The van der Waals surface area contributed by atoms with Gasteiger partial charge in [-0.25, -0.2) is 0 Å². The molecule has 1 fully saturated rings. The lowest BCUT2D eigenvalue weighted by Gasteiger charge is -2.11. The Hall–Kier alpha value is -2.51. The highest BCUT2D eigenvalue weighted by atomic mass is 35.5. The molecule has 5 nitrogen and oxygen atoms in total. The second kappa shape index (κ2) is 9.39. The molecule has 2 heterocycles. The van der Waals surface area contributed by atoms with E-state index in [1.807, 2.05) is 30.5 Å². The second-order valence-electron chi connectivity index (χ2n) is 7.46. The van der Waals surface area contributed by atoms with Crippen molar-refractivity contribution in [1.29, 1.82) is 0 Å². The van der Waals surface area contributed by atoms with E-state index in [-0.39, 0.29) is 17.2 Å². The Morgan fingerprint density at radius 3 is 2.33 bits per heavy atom. The van der Waals surface area contributed by atoms with Gasteiger partial charge in [-0.15, -0.1) is 0 Å². The highest BCUT2D eigenvalue weighted by Gasteiger charge is 2.36. The maximum Gasteiger partial charge on any atom is 0.293 e. The van der Waals surface area contributed by atoms with Crippen molar-refractivity contribution < 1.29 is 14.4 Å². The van der Waals surface area contributed by atoms with Gasteiger partial charge in [-0.3, -0.25) is 19.3 Å². The van der Waals surface area contributed by atoms with Crippen LogP contribution in [0.15, 0.2) is 53.4 Å². The number of thioether (sulfide) groups is 1. The molecule has 1 aliphatic heterocycles. The second-order valence-corrected chi connectivity index (χ2v) is 9.70. The third-order valence-corrected chi connectivity index (χ3v) is 7.16. The molecule has 168 valence electrons. The third-order valence-electron chi connectivity index (χ3n) is 5.26. The average Bonchev–Trinajstić information content (AvgIpc) is 3.20. The molecule has 0 spiro atoms. The summed E-state index contributed by atoms with van der Waals surface area (Å²) >= 11 is 18.9. The summed E-state index contributed by atoms with van der Waals surface area (Å²) in [5.74, 6) is -0.834. The number of ketones is 1. The van der Waals surface area contributed by atoms with E-state index in [1.165, 1.54) is 0 Å². The van der Waals surface area contributed by atoms with E-state index in [9.17, 15) is 14.4 Å². The Morgan fingerprint density at radius 2 is 1.67 bits per heavy atom. The SMILES string of the molecule is Cc1cc(/C=C2\SC(=O)N(CC(=O)c3ccc(Cl)cc3)C2=O)c(C)n1-c1ccc(Cl)c(Cl)c1. The Balaban J connectivity index is 1.59. The third kappa shape index (κ3) is 4.75. The number of carbonyl (C=O) groups is 3. The summed E-state index contributed by atoms with van der Waals surface area (Å²) in [7, 11) is 0. The minimum Gasteiger partial charge on any atom is -0.318 e. The molecule has 9 heteroatoms. The van der Waals surface area contributed by atoms with E-state index >= 15 is 0 Å². The highest BCUT2D eigenvalue weighted by molar-refractivity contribution is 8.18. The fraction of sp³-hybridized carbons (Fsp3) is 0.125. The number of hydrogen-bond acceptors (Lipinski definition) is 4. The van der Waals surface area contributed by atoms with Crippen molar-refractivity contribution >= 4 is 69.6 Å². The van der Waals surface area contributed by atoms with Crippen LogP contribution < -0.4 is 0 Å². The zero-order valence-electron chi connectivity index (χ0n) is 17.6. The summed E-state index contributed by atoms with van der Waals surface area (Å²) in [6.45, 7) is 3.52. The lowest BCUT2D eigenvalue weighted by atomic mass is 10.1. The van der Waals surface area contributed by atoms with Crippen LogP contribution in [0.5, 0.6) is 0 Å². The summed E-state index contributed by atoms with van der Waals surface area (Å²) in [5, 5.41) is 0.922. The van der Waals surface area contributed by atoms with Crippen LogP contribution in [-0.2, 0) is 4.79 Å². The number of benzene rings is 2. The van der Waals surface area contributed by atoms with Crippen LogP contribution in [0.25, 0.3) is 11.8 Å². The molecule has 0 saturated carbocycles. The molecule has 3 aromatic rings. The number of nitrogens with zero attached hydrogens (tertiary/aromatic N) is 2. The molecule has 0 unspecified atom stereocenters. The van der Waals surface area contributed by atoms with Crippen LogP contribution in [-0.4, -0.2) is 32.9 Å². The zero-order valence-corrected chi connectivity index (χ0v) is 20.6. The molecule has 0 bridgehead atoms. The first kappa shape index (κ1) is 23.6.